The number of allylic oxidation sites excluding steroid dienone is 2. The van der Waals surface area contributed by atoms with Crippen molar-refractivity contribution < 1.29 is 0 Å². The molecule has 0 saturated carbocycles. The van der Waals surface area contributed by atoms with Crippen molar-refractivity contribution in [2.24, 2.45) is 34.2 Å². The van der Waals surface area contributed by atoms with Gasteiger partial charge in [-0.1, -0.05) is 45.0 Å². The number of hydrogen-bond acceptors (Lipinski definition) is 3. The summed E-state index contributed by atoms with van der Waals surface area (Å²) in [7, 11) is 0. The molecule has 0 fully saturated rings. The second-order valence-corrected chi connectivity index (χ2v) is 5.78. The lowest BCUT2D eigenvalue weighted by Crippen LogP contribution is -2.18. The second-order valence-electron chi connectivity index (χ2n) is 5.23. The van der Waals surface area contributed by atoms with Gasteiger partial charge in [-0.3, -0.25) is 0 Å². The first-order chi connectivity index (χ1) is 8.70. The van der Waals surface area contributed by atoms with Crippen LogP contribution in [0.3, 0.4) is 0 Å². The maximum atomic E-state index is 5.94. The quantitative estimate of drug-likeness (QED) is 0.424. The lowest BCUT2D eigenvalue weighted by Gasteiger charge is -2.25. The average molecular weight is 284 g/mol. The van der Waals surface area contributed by atoms with Gasteiger partial charge >= 0.3 is 0 Å². The Hall–Kier alpha value is -1.22. The summed E-state index contributed by atoms with van der Waals surface area (Å²) in [5, 5.41) is 0.436. The normalized spacial score (nSPS) is 16.8. The van der Waals surface area contributed by atoms with Crippen molar-refractivity contribution in [2.45, 2.75) is 34.1 Å². The van der Waals surface area contributed by atoms with Crippen molar-refractivity contribution in [3.8, 4) is 0 Å². The van der Waals surface area contributed by atoms with Crippen LogP contribution in [0.1, 0.15) is 34.1 Å². The van der Waals surface area contributed by atoms with Crippen LogP contribution in [-0.4, -0.2) is 5.17 Å². The van der Waals surface area contributed by atoms with Crippen molar-refractivity contribution >= 4 is 16.8 Å². The van der Waals surface area contributed by atoms with E-state index in [0.717, 1.165) is 0 Å². The van der Waals surface area contributed by atoms with Crippen molar-refractivity contribution in [2.75, 3.05) is 0 Å². The van der Waals surface area contributed by atoms with Crippen LogP contribution in [-0.2, 0) is 0 Å². The summed E-state index contributed by atoms with van der Waals surface area (Å²) in [4.78, 5) is 4.28. The van der Waals surface area contributed by atoms with Crippen LogP contribution in [0.4, 0.5) is 0 Å². The molecule has 0 aliphatic carbocycles. The van der Waals surface area contributed by atoms with E-state index in [4.69, 9.17) is 23.1 Å². The molecule has 0 rings (SSSR count). The van der Waals surface area contributed by atoms with E-state index >= 15 is 0 Å². The fraction of sp³-hybridized carbons (Fsp3) is 0.533. The molecule has 2 unspecified atom stereocenters. The third-order valence-corrected chi connectivity index (χ3v) is 3.24. The summed E-state index contributed by atoms with van der Waals surface area (Å²) in [5.41, 5.74) is 13.0. The highest BCUT2D eigenvalue weighted by molar-refractivity contribution is 6.64. The number of aliphatic imine (C=N–C) groups is 1. The van der Waals surface area contributed by atoms with E-state index in [9.17, 15) is 0 Å². The van der Waals surface area contributed by atoms with Gasteiger partial charge < -0.3 is 11.5 Å². The molecule has 0 aromatic carbocycles. The molecule has 19 heavy (non-hydrogen) atoms. The molecule has 0 amide bonds. The molecule has 4 N–H and O–H groups in total. The van der Waals surface area contributed by atoms with Gasteiger partial charge in [0.25, 0.3) is 0 Å². The Morgan fingerprint density at radius 2 is 1.84 bits per heavy atom. The zero-order chi connectivity index (χ0) is 15.2. The minimum Gasteiger partial charge on any atom is -0.397 e. The molecular formula is C15H26ClN3. The van der Waals surface area contributed by atoms with Crippen LogP contribution in [0.15, 0.2) is 41.3 Å². The highest BCUT2D eigenvalue weighted by atomic mass is 35.5. The molecule has 3 nitrogen and oxygen atoms in total. The number of hydrogen-bond donors (Lipinski definition) is 2. The van der Waals surface area contributed by atoms with Gasteiger partial charge in [0.2, 0.25) is 0 Å². The Bertz CT molecular complexity index is 390. The van der Waals surface area contributed by atoms with E-state index in [1.54, 1.807) is 6.92 Å². The first-order valence-corrected chi connectivity index (χ1v) is 6.85. The summed E-state index contributed by atoms with van der Waals surface area (Å²) >= 11 is 5.85. The Morgan fingerprint density at radius 3 is 2.16 bits per heavy atom. The predicted octanol–water partition coefficient (Wildman–Crippen LogP) is 3.77. The van der Waals surface area contributed by atoms with E-state index in [1.807, 2.05) is 6.08 Å². The van der Waals surface area contributed by atoms with Crippen LogP contribution in [0, 0.1) is 17.8 Å². The molecule has 0 aliphatic heterocycles. The lowest BCUT2D eigenvalue weighted by atomic mass is 9.82. The van der Waals surface area contributed by atoms with Gasteiger partial charge in [0.1, 0.15) is 5.17 Å². The van der Waals surface area contributed by atoms with Crippen LogP contribution in [0.2, 0.25) is 0 Å². The Labute approximate surface area is 122 Å². The maximum absolute atomic E-state index is 5.94. The summed E-state index contributed by atoms with van der Waals surface area (Å²) in [6.07, 6.45) is 2.68. The number of nitrogens with zero attached hydrogens (tertiary/aromatic N) is 1. The van der Waals surface area contributed by atoms with Gasteiger partial charge in [0.05, 0.1) is 11.4 Å². The lowest BCUT2D eigenvalue weighted by molar-refractivity contribution is 0.331. The first kappa shape index (κ1) is 17.8. The number of rotatable bonds is 7. The van der Waals surface area contributed by atoms with Crippen molar-refractivity contribution in [1.29, 1.82) is 0 Å². The molecule has 0 bridgehead atoms. The van der Waals surface area contributed by atoms with Crippen molar-refractivity contribution in [3.63, 3.8) is 0 Å². The van der Waals surface area contributed by atoms with Crippen molar-refractivity contribution in [1.82, 2.24) is 0 Å². The van der Waals surface area contributed by atoms with Gasteiger partial charge in [0.15, 0.2) is 0 Å². The smallest absolute Gasteiger partial charge is 0.103 e. The fourth-order valence-corrected chi connectivity index (χ4v) is 2.29. The third kappa shape index (κ3) is 5.97. The molecule has 2 atom stereocenters. The Kier molecular flexibility index (Phi) is 7.53. The van der Waals surface area contributed by atoms with E-state index in [2.05, 4.69) is 38.9 Å². The third-order valence-electron chi connectivity index (χ3n) is 3.16. The summed E-state index contributed by atoms with van der Waals surface area (Å²) in [5.74, 6) is 1.25. The van der Waals surface area contributed by atoms with Gasteiger partial charge in [-0.15, -0.1) is 6.58 Å². The number of nitrogens with two attached hydrogens (primary N) is 2. The zero-order valence-electron chi connectivity index (χ0n) is 12.4. The van der Waals surface area contributed by atoms with Crippen LogP contribution >= 0.6 is 11.6 Å². The number of halogens is 1. The topological polar surface area (TPSA) is 64.4 Å². The summed E-state index contributed by atoms with van der Waals surface area (Å²) < 4.78 is 0. The fourth-order valence-electron chi connectivity index (χ4n) is 2.19. The van der Waals surface area contributed by atoms with Crippen molar-refractivity contribution in [3.05, 3.63) is 36.3 Å². The van der Waals surface area contributed by atoms with Crippen LogP contribution in [0.5, 0.6) is 0 Å². The van der Waals surface area contributed by atoms with Crippen LogP contribution in [0.25, 0.3) is 0 Å². The molecule has 0 spiro atoms. The molecule has 0 heterocycles. The molecule has 0 aliphatic rings. The second kappa shape index (κ2) is 8.05. The highest BCUT2D eigenvalue weighted by Gasteiger charge is 2.20. The van der Waals surface area contributed by atoms with Gasteiger partial charge in [-0.05, 0) is 31.1 Å². The largest absolute Gasteiger partial charge is 0.397 e. The van der Waals surface area contributed by atoms with Gasteiger partial charge in [0, 0.05) is 5.70 Å². The monoisotopic (exact) mass is 283 g/mol. The molecule has 0 aromatic rings. The Morgan fingerprint density at radius 1 is 1.32 bits per heavy atom. The molecule has 0 saturated heterocycles. The molecule has 108 valence electrons. The highest BCUT2D eigenvalue weighted by Crippen LogP contribution is 2.29. The maximum Gasteiger partial charge on any atom is 0.103 e. The SMILES string of the molecule is C=CC(C(C)C)C(C)C/C(N=C(C)Cl)=C(\N)C(=C)N. The average Bonchev–Trinajstić information content (AvgIpc) is 2.26. The minimum absolute atomic E-state index is 0.323. The zero-order valence-corrected chi connectivity index (χ0v) is 13.2. The van der Waals surface area contributed by atoms with Gasteiger partial charge in [-0.2, -0.15) is 0 Å². The van der Waals surface area contributed by atoms with E-state index in [1.165, 1.54) is 0 Å². The predicted molar refractivity (Wildman–Crippen MR) is 85.8 cm³/mol. The molecule has 4 heteroatoms. The molecule has 0 radical (unpaired) electrons. The molecule has 0 aromatic heterocycles. The van der Waals surface area contributed by atoms with E-state index in [0.29, 0.717) is 46.4 Å². The van der Waals surface area contributed by atoms with E-state index < -0.39 is 0 Å². The Balaban J connectivity index is 5.25. The standard InChI is InChI=1S/C15H26ClN3/c1-7-13(9(2)3)10(4)8-14(19-12(6)16)15(18)11(5)17/h7,9-10,13H,1,5,8,17-18H2,2-4,6H3/b15-14+,19-12?. The molecular weight excluding hydrogens is 258 g/mol. The summed E-state index contributed by atoms with van der Waals surface area (Å²) in [6.45, 7) is 15.8. The summed E-state index contributed by atoms with van der Waals surface area (Å²) in [6, 6.07) is 0. The van der Waals surface area contributed by atoms with Gasteiger partial charge in [-0.25, -0.2) is 4.99 Å². The first-order valence-electron chi connectivity index (χ1n) is 6.47. The van der Waals surface area contributed by atoms with Crippen LogP contribution < -0.4 is 11.5 Å². The minimum atomic E-state index is 0.323. The van der Waals surface area contributed by atoms with E-state index in [-0.39, 0.29) is 0 Å².